The molecule has 0 bridgehead atoms. The molecule has 1 aromatic rings. The second-order valence-corrected chi connectivity index (χ2v) is 4.52. The number of carbonyl (C=O) groups is 1. The summed E-state index contributed by atoms with van der Waals surface area (Å²) in [6.07, 6.45) is 3.19. The van der Waals surface area contributed by atoms with E-state index in [1.54, 1.807) is 6.33 Å². The molecule has 0 aromatic carbocycles. The van der Waals surface area contributed by atoms with Gasteiger partial charge in [0.15, 0.2) is 0 Å². The van der Waals surface area contributed by atoms with Crippen molar-refractivity contribution in [3.05, 3.63) is 12.2 Å². The number of rotatable bonds is 7. The molecule has 1 heterocycles. The van der Waals surface area contributed by atoms with Crippen molar-refractivity contribution in [3.63, 3.8) is 0 Å². The Hall–Kier alpha value is -1.43. The quantitative estimate of drug-likeness (QED) is 0.739. The minimum absolute atomic E-state index is 0.0423. The minimum Gasteiger partial charge on any atom is -0.354 e. The third-order valence-electron chi connectivity index (χ3n) is 3.67. The summed E-state index contributed by atoms with van der Waals surface area (Å²) in [6.45, 7) is 7.52. The van der Waals surface area contributed by atoms with Crippen molar-refractivity contribution in [1.29, 1.82) is 0 Å². The lowest BCUT2D eigenvalue weighted by Gasteiger charge is -2.28. The van der Waals surface area contributed by atoms with E-state index in [1.807, 2.05) is 25.3 Å². The van der Waals surface area contributed by atoms with E-state index in [4.69, 9.17) is 5.73 Å². The van der Waals surface area contributed by atoms with Gasteiger partial charge in [0.25, 0.3) is 0 Å². The van der Waals surface area contributed by atoms with Gasteiger partial charge in [-0.1, -0.05) is 13.8 Å². The Kier molecular flexibility index (Phi) is 5.27. The highest BCUT2D eigenvalue weighted by Gasteiger charge is 2.32. The van der Waals surface area contributed by atoms with Gasteiger partial charge in [0.05, 0.1) is 5.41 Å². The maximum atomic E-state index is 12.1. The first-order valence-electron chi connectivity index (χ1n) is 6.42. The second-order valence-electron chi connectivity index (χ2n) is 4.52. The average molecular weight is 253 g/mol. The Bertz CT molecular complexity index is 375. The first kappa shape index (κ1) is 14.6. The van der Waals surface area contributed by atoms with Crippen molar-refractivity contribution in [3.8, 4) is 0 Å². The highest BCUT2D eigenvalue weighted by molar-refractivity contribution is 5.82. The van der Waals surface area contributed by atoms with Crippen molar-refractivity contribution >= 4 is 5.91 Å². The van der Waals surface area contributed by atoms with Gasteiger partial charge in [-0.15, -0.1) is 10.2 Å². The van der Waals surface area contributed by atoms with Crippen LogP contribution in [0.4, 0.5) is 0 Å². The van der Waals surface area contributed by atoms with Crippen LogP contribution in [0.5, 0.6) is 0 Å². The summed E-state index contributed by atoms with van der Waals surface area (Å²) in [7, 11) is 0. The summed E-state index contributed by atoms with van der Waals surface area (Å²) in [6, 6.07) is 0. The number of carbonyl (C=O) groups excluding carboxylic acids is 1. The fourth-order valence-corrected chi connectivity index (χ4v) is 1.96. The lowest BCUT2D eigenvalue weighted by atomic mass is 9.81. The van der Waals surface area contributed by atoms with Crippen molar-refractivity contribution in [2.45, 2.75) is 40.2 Å². The molecule has 0 radical (unpaired) electrons. The summed E-state index contributed by atoms with van der Waals surface area (Å²) in [5, 5.41) is 10.6. The predicted octanol–water partition coefficient (Wildman–Crippen LogP) is 0.468. The molecule has 0 aliphatic carbocycles. The number of aryl methyl sites for hydroxylation is 1. The van der Waals surface area contributed by atoms with Crippen molar-refractivity contribution in [1.82, 2.24) is 20.1 Å². The van der Waals surface area contributed by atoms with E-state index in [-0.39, 0.29) is 5.91 Å². The number of nitrogens with two attached hydrogens (primary N) is 1. The van der Waals surface area contributed by atoms with Crippen LogP contribution in [0.2, 0.25) is 0 Å². The zero-order valence-electron chi connectivity index (χ0n) is 11.4. The Morgan fingerprint density at radius 2 is 2.17 bits per heavy atom. The van der Waals surface area contributed by atoms with E-state index in [1.165, 1.54) is 0 Å². The number of aromatic nitrogens is 3. The molecule has 3 N–H and O–H groups in total. The summed E-state index contributed by atoms with van der Waals surface area (Å²) >= 11 is 0. The van der Waals surface area contributed by atoms with Gasteiger partial charge in [-0.05, 0) is 19.8 Å². The lowest BCUT2D eigenvalue weighted by Crippen LogP contribution is -2.46. The summed E-state index contributed by atoms with van der Waals surface area (Å²) in [4.78, 5) is 12.1. The molecule has 6 nitrogen and oxygen atoms in total. The summed E-state index contributed by atoms with van der Waals surface area (Å²) < 4.78 is 1.91. The Labute approximate surface area is 108 Å². The lowest BCUT2D eigenvalue weighted by molar-refractivity contribution is -0.131. The molecular formula is C12H23N5O. The third-order valence-corrected chi connectivity index (χ3v) is 3.67. The summed E-state index contributed by atoms with van der Waals surface area (Å²) in [5.74, 6) is 0.890. The molecule has 18 heavy (non-hydrogen) atoms. The zero-order chi connectivity index (χ0) is 13.6. The third kappa shape index (κ3) is 3.07. The van der Waals surface area contributed by atoms with Gasteiger partial charge in [0, 0.05) is 19.6 Å². The monoisotopic (exact) mass is 253 g/mol. The fourth-order valence-electron chi connectivity index (χ4n) is 1.96. The van der Waals surface area contributed by atoms with E-state index in [9.17, 15) is 4.79 Å². The van der Waals surface area contributed by atoms with E-state index >= 15 is 0 Å². The Balaban J connectivity index is 2.48. The molecule has 1 aromatic heterocycles. The minimum atomic E-state index is -0.428. The first-order chi connectivity index (χ1) is 8.59. The number of nitrogens with one attached hydrogen (secondary N) is 1. The molecular weight excluding hydrogens is 230 g/mol. The number of nitrogens with zero attached hydrogens (tertiary/aromatic N) is 3. The van der Waals surface area contributed by atoms with E-state index in [2.05, 4.69) is 15.5 Å². The van der Waals surface area contributed by atoms with Crippen molar-refractivity contribution in [2.24, 2.45) is 11.1 Å². The van der Waals surface area contributed by atoms with Crippen LogP contribution in [-0.2, 0) is 11.3 Å². The number of hydrogen-bond acceptors (Lipinski definition) is 4. The highest BCUT2D eigenvalue weighted by Crippen LogP contribution is 2.24. The largest absolute Gasteiger partial charge is 0.354 e. The molecule has 1 rings (SSSR count). The van der Waals surface area contributed by atoms with E-state index < -0.39 is 5.41 Å². The maximum Gasteiger partial charge on any atom is 0.227 e. The van der Waals surface area contributed by atoms with Crippen LogP contribution in [0.3, 0.4) is 0 Å². The van der Waals surface area contributed by atoms with Crippen molar-refractivity contribution < 1.29 is 4.79 Å². The van der Waals surface area contributed by atoms with Gasteiger partial charge in [0.1, 0.15) is 12.2 Å². The average Bonchev–Trinajstić information content (AvgIpc) is 2.78. The molecule has 0 aliphatic rings. The Morgan fingerprint density at radius 3 is 2.61 bits per heavy atom. The second kappa shape index (κ2) is 6.49. The molecule has 6 heteroatoms. The zero-order valence-corrected chi connectivity index (χ0v) is 11.4. The van der Waals surface area contributed by atoms with Crippen LogP contribution < -0.4 is 11.1 Å². The van der Waals surface area contributed by atoms with Crippen LogP contribution in [-0.4, -0.2) is 33.8 Å². The molecule has 0 fully saturated rings. The van der Waals surface area contributed by atoms with Gasteiger partial charge in [-0.2, -0.15) is 0 Å². The van der Waals surface area contributed by atoms with Gasteiger partial charge < -0.3 is 15.6 Å². The normalized spacial score (nSPS) is 11.6. The van der Waals surface area contributed by atoms with Crippen molar-refractivity contribution in [2.75, 3.05) is 13.1 Å². The standard InChI is InChI=1S/C12H23N5O/c1-4-12(5-2,8-13)11(18)14-6-7-17-9-15-16-10(17)3/h9H,4-8,13H2,1-3H3,(H,14,18). The smallest absolute Gasteiger partial charge is 0.227 e. The molecule has 0 aliphatic heterocycles. The summed E-state index contributed by atoms with van der Waals surface area (Å²) in [5.41, 5.74) is 5.31. The van der Waals surface area contributed by atoms with Gasteiger partial charge in [-0.3, -0.25) is 4.79 Å². The molecule has 0 saturated carbocycles. The molecule has 102 valence electrons. The first-order valence-corrected chi connectivity index (χ1v) is 6.42. The molecule has 0 atom stereocenters. The maximum absolute atomic E-state index is 12.1. The van der Waals surface area contributed by atoms with Crippen LogP contribution in [0.15, 0.2) is 6.33 Å². The van der Waals surface area contributed by atoms with Gasteiger partial charge in [0.2, 0.25) is 5.91 Å². The van der Waals surface area contributed by atoms with Gasteiger partial charge in [-0.25, -0.2) is 0 Å². The SMILES string of the molecule is CCC(CC)(CN)C(=O)NCCn1cnnc1C. The van der Waals surface area contributed by atoms with Crippen LogP contribution >= 0.6 is 0 Å². The highest BCUT2D eigenvalue weighted by atomic mass is 16.2. The van der Waals surface area contributed by atoms with Gasteiger partial charge >= 0.3 is 0 Å². The predicted molar refractivity (Wildman–Crippen MR) is 69.8 cm³/mol. The molecule has 1 amide bonds. The van der Waals surface area contributed by atoms with E-state index in [0.717, 1.165) is 18.7 Å². The van der Waals surface area contributed by atoms with Crippen LogP contribution in [0, 0.1) is 12.3 Å². The molecule has 0 saturated heterocycles. The van der Waals surface area contributed by atoms with E-state index in [0.29, 0.717) is 19.6 Å². The Morgan fingerprint density at radius 1 is 1.50 bits per heavy atom. The van der Waals surface area contributed by atoms with Crippen LogP contribution in [0.25, 0.3) is 0 Å². The topological polar surface area (TPSA) is 85.8 Å². The number of amides is 1. The number of hydrogen-bond donors (Lipinski definition) is 2. The van der Waals surface area contributed by atoms with Crippen LogP contribution in [0.1, 0.15) is 32.5 Å². The molecule has 0 unspecified atom stereocenters. The molecule has 0 spiro atoms. The fraction of sp³-hybridized carbons (Fsp3) is 0.750.